The van der Waals surface area contributed by atoms with Gasteiger partial charge in [0.2, 0.25) is 15.9 Å². The number of carbonyl (C=O) groups is 1. The van der Waals surface area contributed by atoms with Crippen molar-refractivity contribution < 1.29 is 13.2 Å². The summed E-state index contributed by atoms with van der Waals surface area (Å²) in [5.74, 6) is -0.220. The van der Waals surface area contributed by atoms with Crippen molar-refractivity contribution in [1.82, 2.24) is 5.32 Å². The number of nitrogens with one attached hydrogen (secondary N) is 1. The van der Waals surface area contributed by atoms with Crippen LogP contribution in [0.3, 0.4) is 0 Å². The van der Waals surface area contributed by atoms with Gasteiger partial charge >= 0.3 is 0 Å². The number of para-hydroxylation sites is 1. The number of anilines is 1. The van der Waals surface area contributed by atoms with E-state index in [0.717, 1.165) is 17.7 Å². The molecule has 1 aromatic rings. The SMILES string of the molecule is CC(C)(C)C(=O)NCCS(=O)(=O)N1CCc2ccccc21. The number of carbonyl (C=O) groups excluding carboxylic acids is 1. The Morgan fingerprint density at radius 1 is 1.29 bits per heavy atom. The van der Waals surface area contributed by atoms with Gasteiger partial charge in [-0.25, -0.2) is 8.42 Å². The summed E-state index contributed by atoms with van der Waals surface area (Å²) >= 11 is 0. The monoisotopic (exact) mass is 310 g/mol. The molecule has 116 valence electrons. The molecule has 0 aromatic heterocycles. The molecule has 6 heteroatoms. The maximum atomic E-state index is 12.4. The van der Waals surface area contributed by atoms with Crippen molar-refractivity contribution in [1.29, 1.82) is 0 Å². The Balaban J connectivity index is 2.00. The molecule has 1 aromatic carbocycles. The van der Waals surface area contributed by atoms with Gasteiger partial charge in [0.25, 0.3) is 0 Å². The fourth-order valence-corrected chi connectivity index (χ4v) is 3.69. The highest BCUT2D eigenvalue weighted by molar-refractivity contribution is 7.92. The van der Waals surface area contributed by atoms with E-state index in [1.165, 1.54) is 4.31 Å². The van der Waals surface area contributed by atoms with Gasteiger partial charge in [-0.3, -0.25) is 9.10 Å². The second kappa shape index (κ2) is 5.67. The molecule has 0 atom stereocenters. The van der Waals surface area contributed by atoms with Gasteiger partial charge in [0.1, 0.15) is 0 Å². The lowest BCUT2D eigenvalue weighted by Crippen LogP contribution is -2.40. The van der Waals surface area contributed by atoms with E-state index in [-0.39, 0.29) is 18.2 Å². The Bertz CT molecular complexity index is 633. The van der Waals surface area contributed by atoms with Gasteiger partial charge < -0.3 is 5.32 Å². The number of amides is 1. The Morgan fingerprint density at radius 3 is 2.62 bits per heavy atom. The van der Waals surface area contributed by atoms with Crippen LogP contribution < -0.4 is 9.62 Å². The molecule has 0 fully saturated rings. The highest BCUT2D eigenvalue weighted by Crippen LogP contribution is 2.29. The highest BCUT2D eigenvalue weighted by Gasteiger charge is 2.29. The molecule has 1 aliphatic rings. The molecule has 0 saturated carbocycles. The first-order valence-electron chi connectivity index (χ1n) is 7.08. The molecule has 0 saturated heterocycles. The first-order chi connectivity index (χ1) is 9.72. The summed E-state index contributed by atoms with van der Waals surface area (Å²) in [6, 6.07) is 7.53. The number of hydrogen-bond donors (Lipinski definition) is 1. The molecule has 0 bridgehead atoms. The van der Waals surface area contributed by atoms with Crippen LogP contribution in [0.5, 0.6) is 0 Å². The predicted octanol–water partition coefficient (Wildman–Crippen LogP) is 1.54. The topological polar surface area (TPSA) is 66.5 Å². The third kappa shape index (κ3) is 3.56. The first-order valence-corrected chi connectivity index (χ1v) is 8.69. The third-order valence-corrected chi connectivity index (χ3v) is 5.28. The summed E-state index contributed by atoms with van der Waals surface area (Å²) in [5, 5.41) is 2.68. The minimum absolute atomic E-state index is 0.0802. The molecule has 21 heavy (non-hydrogen) atoms. The van der Waals surface area contributed by atoms with Gasteiger partial charge in [0.15, 0.2) is 0 Å². The van der Waals surface area contributed by atoms with Crippen molar-refractivity contribution in [2.45, 2.75) is 27.2 Å². The van der Waals surface area contributed by atoms with Crippen LogP contribution in [0, 0.1) is 5.41 Å². The Labute approximate surface area is 126 Å². The minimum Gasteiger partial charge on any atom is -0.355 e. The standard InChI is InChI=1S/C15H22N2O3S/c1-15(2,3)14(18)16-9-11-21(19,20)17-10-8-12-6-4-5-7-13(12)17/h4-7H,8-11H2,1-3H3,(H,16,18). The highest BCUT2D eigenvalue weighted by atomic mass is 32.2. The average Bonchev–Trinajstić information content (AvgIpc) is 2.81. The molecular weight excluding hydrogens is 288 g/mol. The molecule has 2 rings (SSSR count). The van der Waals surface area contributed by atoms with E-state index in [1.807, 2.05) is 24.3 Å². The average molecular weight is 310 g/mol. The Kier molecular flexibility index (Phi) is 4.27. The number of sulfonamides is 1. The smallest absolute Gasteiger partial charge is 0.236 e. The van der Waals surface area contributed by atoms with Crippen LogP contribution in [0.1, 0.15) is 26.3 Å². The van der Waals surface area contributed by atoms with Crippen molar-refractivity contribution in [2.24, 2.45) is 5.41 Å². The molecular formula is C15H22N2O3S. The second-order valence-corrected chi connectivity index (χ2v) is 8.29. The number of hydrogen-bond acceptors (Lipinski definition) is 3. The summed E-state index contributed by atoms with van der Waals surface area (Å²) < 4.78 is 26.3. The normalized spacial score (nSPS) is 14.9. The van der Waals surface area contributed by atoms with Crippen molar-refractivity contribution in [3.05, 3.63) is 29.8 Å². The molecule has 1 heterocycles. The largest absolute Gasteiger partial charge is 0.355 e. The van der Waals surface area contributed by atoms with Gasteiger partial charge in [0.05, 0.1) is 11.4 Å². The summed E-state index contributed by atoms with van der Waals surface area (Å²) in [6.45, 7) is 6.01. The van der Waals surface area contributed by atoms with E-state index in [2.05, 4.69) is 5.32 Å². The van der Waals surface area contributed by atoms with Gasteiger partial charge in [0, 0.05) is 18.5 Å². The van der Waals surface area contributed by atoms with Crippen LogP contribution in [-0.4, -0.2) is 33.2 Å². The fraction of sp³-hybridized carbons (Fsp3) is 0.533. The summed E-state index contributed by atoms with van der Waals surface area (Å²) in [4.78, 5) is 11.8. The van der Waals surface area contributed by atoms with Gasteiger partial charge in [-0.15, -0.1) is 0 Å². The van der Waals surface area contributed by atoms with Crippen LogP contribution in [0.25, 0.3) is 0 Å². The van der Waals surface area contributed by atoms with E-state index in [9.17, 15) is 13.2 Å². The fourth-order valence-electron chi connectivity index (χ4n) is 2.27. The maximum Gasteiger partial charge on any atom is 0.236 e. The van der Waals surface area contributed by atoms with E-state index in [0.29, 0.717) is 6.54 Å². The first kappa shape index (κ1) is 15.8. The molecule has 1 aliphatic heterocycles. The van der Waals surface area contributed by atoms with E-state index >= 15 is 0 Å². The van der Waals surface area contributed by atoms with Crippen LogP contribution in [0.2, 0.25) is 0 Å². The lowest BCUT2D eigenvalue weighted by molar-refractivity contribution is -0.128. The molecule has 5 nitrogen and oxygen atoms in total. The molecule has 0 spiro atoms. The van der Waals surface area contributed by atoms with Crippen LogP contribution in [0.4, 0.5) is 5.69 Å². The van der Waals surface area contributed by atoms with Crippen LogP contribution in [0.15, 0.2) is 24.3 Å². The third-order valence-electron chi connectivity index (χ3n) is 3.51. The zero-order valence-corrected chi connectivity index (χ0v) is 13.5. The maximum absolute atomic E-state index is 12.4. The molecule has 0 radical (unpaired) electrons. The number of fused-ring (bicyclic) bond motifs is 1. The number of rotatable bonds is 4. The second-order valence-electron chi connectivity index (χ2n) is 6.27. The van der Waals surface area contributed by atoms with Crippen LogP contribution in [-0.2, 0) is 21.2 Å². The molecule has 1 amide bonds. The molecule has 1 N–H and O–H groups in total. The van der Waals surface area contributed by atoms with Crippen molar-refractivity contribution >= 4 is 21.6 Å². The van der Waals surface area contributed by atoms with Crippen molar-refractivity contribution in [3.63, 3.8) is 0 Å². The number of nitrogens with zero attached hydrogens (tertiary/aromatic N) is 1. The van der Waals surface area contributed by atoms with Gasteiger partial charge in [-0.2, -0.15) is 0 Å². The van der Waals surface area contributed by atoms with Crippen molar-refractivity contribution in [2.75, 3.05) is 23.1 Å². The quantitative estimate of drug-likeness (QED) is 0.917. The minimum atomic E-state index is -3.40. The summed E-state index contributed by atoms with van der Waals surface area (Å²) in [7, 11) is -3.40. The predicted molar refractivity (Wildman–Crippen MR) is 83.7 cm³/mol. The summed E-state index contributed by atoms with van der Waals surface area (Å²) in [5.41, 5.74) is 1.31. The molecule has 0 aliphatic carbocycles. The van der Waals surface area contributed by atoms with Crippen LogP contribution >= 0.6 is 0 Å². The van der Waals surface area contributed by atoms with E-state index < -0.39 is 15.4 Å². The zero-order valence-electron chi connectivity index (χ0n) is 12.7. The van der Waals surface area contributed by atoms with E-state index in [4.69, 9.17) is 0 Å². The Hall–Kier alpha value is -1.56. The Morgan fingerprint density at radius 2 is 1.95 bits per heavy atom. The zero-order chi connectivity index (χ0) is 15.7. The lowest BCUT2D eigenvalue weighted by Gasteiger charge is -2.21. The number of benzene rings is 1. The summed E-state index contributed by atoms with van der Waals surface area (Å²) in [6.07, 6.45) is 0.740. The lowest BCUT2D eigenvalue weighted by atomic mass is 9.96. The molecule has 0 unspecified atom stereocenters. The van der Waals surface area contributed by atoms with Crippen molar-refractivity contribution in [3.8, 4) is 0 Å². The van der Waals surface area contributed by atoms with E-state index in [1.54, 1.807) is 20.8 Å². The van der Waals surface area contributed by atoms with Gasteiger partial charge in [-0.1, -0.05) is 39.0 Å². The van der Waals surface area contributed by atoms with Gasteiger partial charge in [-0.05, 0) is 18.1 Å².